The lowest BCUT2D eigenvalue weighted by Crippen LogP contribution is -2.52. The number of carbonyl (C=O) groups is 1. The van der Waals surface area contributed by atoms with E-state index in [1.54, 1.807) is 39.2 Å². The quantitative estimate of drug-likeness (QED) is 0.375. The number of rotatable bonds is 8. The summed E-state index contributed by atoms with van der Waals surface area (Å²) in [4.78, 5) is 11.7. The van der Waals surface area contributed by atoms with Gasteiger partial charge in [0, 0.05) is 5.02 Å². The van der Waals surface area contributed by atoms with E-state index in [2.05, 4.69) is 5.32 Å². The summed E-state index contributed by atoms with van der Waals surface area (Å²) >= 11 is 7.72. The Balaban J connectivity index is 1.59. The molecule has 10 heteroatoms. The van der Waals surface area contributed by atoms with Crippen molar-refractivity contribution >= 4 is 29.5 Å². The van der Waals surface area contributed by atoms with Crippen LogP contribution in [0.1, 0.15) is 43.6 Å². The molecule has 0 aromatic heterocycles. The van der Waals surface area contributed by atoms with Gasteiger partial charge in [0.25, 0.3) is 0 Å². The zero-order chi connectivity index (χ0) is 26.5. The van der Waals surface area contributed by atoms with Crippen LogP contribution >= 0.6 is 23.4 Å². The summed E-state index contributed by atoms with van der Waals surface area (Å²) in [6.07, 6.45) is -2.72. The van der Waals surface area contributed by atoms with Crippen LogP contribution in [0.2, 0.25) is 5.02 Å². The molecule has 36 heavy (non-hydrogen) atoms. The van der Waals surface area contributed by atoms with Crippen molar-refractivity contribution in [3.05, 3.63) is 64.2 Å². The number of hydrogen-bond donors (Lipinski definition) is 4. The average Bonchev–Trinajstić information content (AvgIpc) is 2.82. The zero-order valence-corrected chi connectivity index (χ0v) is 22.4. The fourth-order valence-electron chi connectivity index (χ4n) is 3.79. The number of halogens is 1. The van der Waals surface area contributed by atoms with Crippen LogP contribution in [0.3, 0.4) is 0 Å². The Labute approximate surface area is 220 Å². The molecule has 1 saturated heterocycles. The minimum absolute atomic E-state index is 0.299. The molecule has 5 atom stereocenters. The van der Waals surface area contributed by atoms with E-state index in [0.29, 0.717) is 35.9 Å². The number of thioether (sulfide) groups is 1. The lowest BCUT2D eigenvalue weighted by molar-refractivity contribution is -0.200. The van der Waals surface area contributed by atoms with E-state index >= 15 is 0 Å². The van der Waals surface area contributed by atoms with Crippen LogP contribution in [-0.2, 0) is 15.9 Å². The molecule has 0 radical (unpaired) electrons. The normalized spacial score (nSPS) is 24.3. The van der Waals surface area contributed by atoms with Crippen LogP contribution in [0, 0.1) is 0 Å². The molecule has 8 nitrogen and oxygen atoms in total. The maximum Gasteiger partial charge on any atom is 0.407 e. The molecular weight excluding hydrogens is 506 g/mol. The van der Waals surface area contributed by atoms with Gasteiger partial charge in [0.1, 0.15) is 47.8 Å². The van der Waals surface area contributed by atoms with Gasteiger partial charge in [0.2, 0.25) is 0 Å². The number of aliphatic hydroxyl groups excluding tert-OH is 3. The minimum atomic E-state index is -1.31. The Morgan fingerprint density at radius 1 is 1.08 bits per heavy atom. The first-order chi connectivity index (χ1) is 17.0. The molecule has 2 aromatic carbocycles. The zero-order valence-electron chi connectivity index (χ0n) is 20.8. The third-order valence-corrected chi connectivity index (χ3v) is 6.78. The number of carbonyl (C=O) groups excluding carboxylic acids is 1. The number of benzene rings is 2. The van der Waals surface area contributed by atoms with Crippen molar-refractivity contribution in [1.82, 2.24) is 5.32 Å². The van der Waals surface area contributed by atoms with Crippen molar-refractivity contribution in [1.29, 1.82) is 0 Å². The lowest BCUT2D eigenvalue weighted by atomic mass is 9.92. The predicted molar refractivity (Wildman–Crippen MR) is 140 cm³/mol. The second kappa shape index (κ2) is 12.5. The highest BCUT2D eigenvalue weighted by atomic mass is 35.5. The largest absolute Gasteiger partial charge is 0.492 e. The molecule has 0 spiro atoms. The summed E-state index contributed by atoms with van der Waals surface area (Å²) in [5.41, 5.74) is 1.30. The van der Waals surface area contributed by atoms with Crippen molar-refractivity contribution in [2.75, 3.05) is 19.4 Å². The van der Waals surface area contributed by atoms with Crippen LogP contribution in [0.15, 0.2) is 42.5 Å². The van der Waals surface area contributed by atoms with Crippen LogP contribution in [0.4, 0.5) is 4.79 Å². The first-order valence-electron chi connectivity index (χ1n) is 11.7. The molecule has 4 N–H and O–H groups in total. The van der Waals surface area contributed by atoms with Crippen LogP contribution in [0.5, 0.6) is 5.75 Å². The lowest BCUT2D eigenvalue weighted by Gasteiger charge is -2.40. The second-order valence-electron chi connectivity index (χ2n) is 9.58. The molecule has 0 bridgehead atoms. The Kier molecular flexibility index (Phi) is 9.91. The monoisotopic (exact) mass is 539 g/mol. The maximum atomic E-state index is 11.7. The van der Waals surface area contributed by atoms with Gasteiger partial charge in [-0.05, 0) is 68.3 Å². The highest BCUT2D eigenvalue weighted by Crippen LogP contribution is 2.37. The fourth-order valence-corrected chi connectivity index (χ4v) is 4.64. The van der Waals surface area contributed by atoms with Crippen molar-refractivity contribution < 1.29 is 34.3 Å². The van der Waals surface area contributed by atoms with Gasteiger partial charge in [-0.1, -0.05) is 35.9 Å². The van der Waals surface area contributed by atoms with Gasteiger partial charge in [-0.15, -0.1) is 11.8 Å². The van der Waals surface area contributed by atoms with E-state index in [9.17, 15) is 20.1 Å². The highest BCUT2D eigenvalue weighted by Gasteiger charge is 2.44. The number of nitrogens with one attached hydrogen (secondary N) is 1. The van der Waals surface area contributed by atoms with Crippen LogP contribution in [-0.4, -0.2) is 70.2 Å². The van der Waals surface area contributed by atoms with Crippen molar-refractivity contribution in [3.63, 3.8) is 0 Å². The SMILES string of the molecule is CS[C@H]1O[C@@H](c2ccc(Cl)c(Cc3ccc(OCCNC(=O)OC(C)(C)C)cc3)c2)[C@H](O)[C@@H](O)[C@@H]1O. The molecule has 198 valence electrons. The van der Waals surface area contributed by atoms with Crippen molar-refractivity contribution in [2.24, 2.45) is 0 Å². The van der Waals surface area contributed by atoms with E-state index in [-0.39, 0.29) is 0 Å². The van der Waals surface area contributed by atoms with Crippen LogP contribution in [0.25, 0.3) is 0 Å². The van der Waals surface area contributed by atoms with Crippen LogP contribution < -0.4 is 10.1 Å². The fraction of sp³-hybridized carbons (Fsp3) is 0.500. The molecular formula is C26H34ClNO7S. The third-order valence-electron chi connectivity index (χ3n) is 5.56. The minimum Gasteiger partial charge on any atom is -0.492 e. The van der Waals surface area contributed by atoms with Gasteiger partial charge in [-0.25, -0.2) is 4.79 Å². The predicted octanol–water partition coefficient (Wildman–Crippen LogP) is 3.68. The summed E-state index contributed by atoms with van der Waals surface area (Å²) < 4.78 is 16.7. The first-order valence-corrected chi connectivity index (χ1v) is 13.3. The summed E-state index contributed by atoms with van der Waals surface area (Å²) in [6, 6.07) is 12.9. The molecule has 3 rings (SSSR count). The number of amides is 1. The van der Waals surface area contributed by atoms with E-state index in [1.807, 2.05) is 30.3 Å². The molecule has 1 aliphatic heterocycles. The Hall–Kier alpha value is -2.01. The topological polar surface area (TPSA) is 117 Å². The van der Waals surface area contributed by atoms with Gasteiger partial charge in [-0.3, -0.25) is 0 Å². The van der Waals surface area contributed by atoms with E-state index in [0.717, 1.165) is 11.1 Å². The first kappa shape index (κ1) is 28.6. The summed E-state index contributed by atoms with van der Waals surface area (Å²) in [5, 5.41) is 34.1. The highest BCUT2D eigenvalue weighted by molar-refractivity contribution is 7.99. The standard InChI is InChI=1S/C26H34ClNO7S/c1-26(2,3)35-25(32)28-11-12-33-18-8-5-15(6-9-18)13-17-14-16(7-10-19(17)27)23-21(30)20(29)22(31)24(34-23)36-4/h5-10,14,20-24,29-31H,11-13H2,1-4H3,(H,28,32)/t20-,21-,22+,23+,24-/m1/s1. The molecule has 0 saturated carbocycles. The van der Waals surface area contributed by atoms with Gasteiger partial charge >= 0.3 is 6.09 Å². The van der Waals surface area contributed by atoms with E-state index in [4.69, 9.17) is 25.8 Å². The molecule has 1 fully saturated rings. The third kappa shape index (κ3) is 7.74. The summed E-state index contributed by atoms with van der Waals surface area (Å²) in [5.74, 6) is 0.666. The molecule has 1 amide bonds. The number of ether oxygens (including phenoxy) is 3. The maximum absolute atomic E-state index is 11.7. The van der Waals surface area contributed by atoms with Gasteiger partial charge in [0.05, 0.1) is 6.54 Å². The molecule has 0 aliphatic carbocycles. The number of hydrogen-bond acceptors (Lipinski definition) is 8. The van der Waals surface area contributed by atoms with Crippen molar-refractivity contribution in [2.45, 2.75) is 62.6 Å². The van der Waals surface area contributed by atoms with Gasteiger partial charge < -0.3 is 34.8 Å². The molecule has 1 aliphatic rings. The average molecular weight is 540 g/mol. The second-order valence-corrected chi connectivity index (χ2v) is 10.9. The summed E-state index contributed by atoms with van der Waals surface area (Å²) in [7, 11) is 0. The summed E-state index contributed by atoms with van der Waals surface area (Å²) in [6.45, 7) is 6.03. The Bertz CT molecular complexity index is 1010. The smallest absolute Gasteiger partial charge is 0.407 e. The van der Waals surface area contributed by atoms with E-state index in [1.165, 1.54) is 11.8 Å². The van der Waals surface area contributed by atoms with Gasteiger partial charge in [0.15, 0.2) is 0 Å². The molecule has 0 unspecified atom stereocenters. The number of aliphatic hydroxyl groups is 3. The molecule has 2 aromatic rings. The van der Waals surface area contributed by atoms with E-state index < -0.39 is 41.5 Å². The number of alkyl carbamates (subject to hydrolysis) is 1. The van der Waals surface area contributed by atoms with Crippen molar-refractivity contribution in [3.8, 4) is 5.75 Å². The molecule has 1 heterocycles. The van der Waals surface area contributed by atoms with Gasteiger partial charge in [-0.2, -0.15) is 0 Å². The Morgan fingerprint density at radius 3 is 2.42 bits per heavy atom. The Morgan fingerprint density at radius 2 is 1.78 bits per heavy atom.